The highest BCUT2D eigenvalue weighted by atomic mass is 16.5. The summed E-state index contributed by atoms with van der Waals surface area (Å²) < 4.78 is 7.14. The monoisotopic (exact) mass is 255 g/mol. The van der Waals surface area contributed by atoms with Gasteiger partial charge < -0.3 is 4.74 Å². The minimum Gasteiger partial charge on any atom is -0.487 e. The molecule has 0 amide bonds. The van der Waals surface area contributed by atoms with Gasteiger partial charge in [0.05, 0.1) is 11.6 Å². The van der Waals surface area contributed by atoms with Gasteiger partial charge in [-0.05, 0) is 48.5 Å². The number of hydrogen-bond acceptors (Lipinski definition) is 5. The molecule has 0 N–H and O–H groups in total. The topological polar surface area (TPSA) is 76.6 Å². The molecule has 0 spiro atoms. The zero-order chi connectivity index (χ0) is 13.7. The molecule has 2 rings (SSSR count). The van der Waals surface area contributed by atoms with Gasteiger partial charge in [-0.25, -0.2) is 0 Å². The molecule has 0 bridgehead atoms. The van der Waals surface area contributed by atoms with E-state index in [2.05, 4.69) is 21.6 Å². The molecule has 6 heteroatoms. The fraction of sp³-hybridized carbons (Fsp3) is 0.231. The number of tetrazole rings is 1. The van der Waals surface area contributed by atoms with Crippen molar-refractivity contribution in [1.29, 1.82) is 5.26 Å². The van der Waals surface area contributed by atoms with Gasteiger partial charge in [0.25, 0.3) is 0 Å². The molecule has 96 valence electrons. The molecule has 0 radical (unpaired) electrons. The Morgan fingerprint density at radius 1 is 1.47 bits per heavy atom. The molecule has 0 aliphatic carbocycles. The zero-order valence-corrected chi connectivity index (χ0v) is 10.7. The van der Waals surface area contributed by atoms with Crippen molar-refractivity contribution >= 4 is 0 Å². The fourth-order valence-corrected chi connectivity index (χ4v) is 1.46. The van der Waals surface area contributed by atoms with Crippen LogP contribution in [0.25, 0.3) is 5.69 Å². The summed E-state index contributed by atoms with van der Waals surface area (Å²) in [4.78, 5) is 0. The third-order valence-corrected chi connectivity index (χ3v) is 2.41. The van der Waals surface area contributed by atoms with Gasteiger partial charge in [-0.15, -0.1) is 5.10 Å². The van der Waals surface area contributed by atoms with E-state index in [-0.39, 0.29) is 0 Å². The number of ether oxygens (including phenoxy) is 1. The second kappa shape index (κ2) is 5.78. The summed E-state index contributed by atoms with van der Waals surface area (Å²) >= 11 is 0. The van der Waals surface area contributed by atoms with Gasteiger partial charge in [-0.2, -0.15) is 9.94 Å². The number of aromatic nitrogens is 4. The Bertz CT molecular complexity index is 621. The molecule has 2 aromatic rings. The Kier molecular flexibility index (Phi) is 3.88. The lowest BCUT2D eigenvalue weighted by Crippen LogP contribution is -2.02. The van der Waals surface area contributed by atoms with Crippen LogP contribution in [0.15, 0.2) is 36.2 Å². The van der Waals surface area contributed by atoms with Crippen LogP contribution in [0.2, 0.25) is 0 Å². The summed E-state index contributed by atoms with van der Waals surface area (Å²) in [7, 11) is 0. The van der Waals surface area contributed by atoms with E-state index in [4.69, 9.17) is 10.00 Å². The molecule has 0 aliphatic rings. The van der Waals surface area contributed by atoms with Crippen LogP contribution in [-0.2, 0) is 0 Å². The minimum atomic E-state index is 0.462. The quantitative estimate of drug-likeness (QED) is 0.779. The van der Waals surface area contributed by atoms with Crippen molar-refractivity contribution in [1.82, 2.24) is 20.2 Å². The summed E-state index contributed by atoms with van der Waals surface area (Å²) in [6.45, 7) is 4.47. The van der Waals surface area contributed by atoms with Crippen LogP contribution in [0.1, 0.15) is 19.4 Å². The predicted octanol–water partition coefficient (Wildman–Crippen LogP) is 1.88. The average Bonchev–Trinajstić information content (AvgIpc) is 2.92. The molecular formula is C13H13N5O. The molecule has 0 fully saturated rings. The van der Waals surface area contributed by atoms with Crippen LogP contribution in [0, 0.1) is 11.3 Å². The maximum Gasteiger partial charge on any atom is 0.145 e. The number of benzene rings is 1. The smallest absolute Gasteiger partial charge is 0.145 e. The third-order valence-electron chi connectivity index (χ3n) is 2.41. The fourth-order valence-electron chi connectivity index (χ4n) is 1.46. The van der Waals surface area contributed by atoms with Gasteiger partial charge in [0.1, 0.15) is 24.4 Å². The molecule has 0 aliphatic heterocycles. The van der Waals surface area contributed by atoms with Crippen molar-refractivity contribution in [2.75, 3.05) is 6.61 Å². The second-order valence-corrected chi connectivity index (χ2v) is 4.14. The van der Waals surface area contributed by atoms with Crippen molar-refractivity contribution in [3.8, 4) is 17.5 Å². The maximum atomic E-state index is 8.94. The Morgan fingerprint density at radius 2 is 2.32 bits per heavy atom. The second-order valence-electron chi connectivity index (χ2n) is 4.14. The summed E-state index contributed by atoms with van der Waals surface area (Å²) in [5.74, 6) is 0.629. The number of rotatable bonds is 4. The molecule has 6 nitrogen and oxygen atoms in total. The van der Waals surface area contributed by atoms with Crippen LogP contribution < -0.4 is 4.74 Å². The summed E-state index contributed by atoms with van der Waals surface area (Å²) in [6, 6.07) is 7.21. The summed E-state index contributed by atoms with van der Waals surface area (Å²) in [6.07, 6.45) is 3.44. The van der Waals surface area contributed by atoms with E-state index < -0.39 is 0 Å². The Hall–Kier alpha value is -2.68. The first-order chi connectivity index (χ1) is 9.20. The highest BCUT2D eigenvalue weighted by molar-refractivity contribution is 5.51. The van der Waals surface area contributed by atoms with E-state index in [1.165, 1.54) is 16.6 Å². The highest BCUT2D eigenvalue weighted by Gasteiger charge is 2.08. The Labute approximate surface area is 110 Å². The van der Waals surface area contributed by atoms with E-state index >= 15 is 0 Å². The molecule has 0 saturated heterocycles. The maximum absolute atomic E-state index is 8.94. The van der Waals surface area contributed by atoms with E-state index in [0.29, 0.717) is 23.6 Å². The molecule has 0 saturated carbocycles. The van der Waals surface area contributed by atoms with Gasteiger partial charge in [0.2, 0.25) is 0 Å². The molecular weight excluding hydrogens is 242 g/mol. The lowest BCUT2D eigenvalue weighted by Gasteiger charge is -2.09. The molecule has 1 heterocycles. The average molecular weight is 255 g/mol. The van der Waals surface area contributed by atoms with Crippen LogP contribution in [0.5, 0.6) is 5.75 Å². The zero-order valence-electron chi connectivity index (χ0n) is 10.7. The van der Waals surface area contributed by atoms with Crippen LogP contribution in [0.3, 0.4) is 0 Å². The number of hydrogen-bond donors (Lipinski definition) is 0. The first-order valence-electron chi connectivity index (χ1n) is 5.74. The normalized spacial score (nSPS) is 9.74. The van der Waals surface area contributed by atoms with Crippen molar-refractivity contribution in [3.05, 3.63) is 41.7 Å². The SMILES string of the molecule is CC(C)=CCOc1ccc(C#N)cc1-n1cnnn1. The van der Waals surface area contributed by atoms with Gasteiger partial charge in [0.15, 0.2) is 0 Å². The first-order valence-corrected chi connectivity index (χ1v) is 5.74. The highest BCUT2D eigenvalue weighted by Crippen LogP contribution is 2.23. The van der Waals surface area contributed by atoms with Crippen molar-refractivity contribution in [2.45, 2.75) is 13.8 Å². The van der Waals surface area contributed by atoms with E-state index in [1.54, 1.807) is 18.2 Å². The Morgan fingerprint density at radius 3 is 2.95 bits per heavy atom. The lowest BCUT2D eigenvalue weighted by molar-refractivity contribution is 0.359. The van der Waals surface area contributed by atoms with E-state index in [1.807, 2.05) is 19.9 Å². The largest absolute Gasteiger partial charge is 0.487 e. The third kappa shape index (κ3) is 3.16. The molecule has 1 aromatic carbocycles. The van der Waals surface area contributed by atoms with Crippen LogP contribution in [-0.4, -0.2) is 26.8 Å². The summed E-state index contributed by atoms with van der Waals surface area (Å²) in [5, 5.41) is 19.9. The van der Waals surface area contributed by atoms with Crippen molar-refractivity contribution < 1.29 is 4.74 Å². The molecule has 0 unspecified atom stereocenters. The van der Waals surface area contributed by atoms with Gasteiger partial charge in [-0.3, -0.25) is 0 Å². The number of nitriles is 1. The van der Waals surface area contributed by atoms with Gasteiger partial charge >= 0.3 is 0 Å². The standard InChI is InChI=1S/C13H13N5O/c1-10(2)5-6-19-13-4-3-11(8-14)7-12(13)18-9-15-16-17-18/h3-5,7,9H,6H2,1-2H3. The van der Waals surface area contributed by atoms with Crippen LogP contribution in [0.4, 0.5) is 0 Å². The number of allylic oxidation sites excluding steroid dienone is 1. The lowest BCUT2D eigenvalue weighted by atomic mass is 10.2. The molecule has 0 atom stereocenters. The van der Waals surface area contributed by atoms with E-state index in [9.17, 15) is 0 Å². The van der Waals surface area contributed by atoms with Gasteiger partial charge in [-0.1, -0.05) is 5.57 Å². The predicted molar refractivity (Wildman–Crippen MR) is 68.8 cm³/mol. The van der Waals surface area contributed by atoms with Crippen LogP contribution >= 0.6 is 0 Å². The van der Waals surface area contributed by atoms with E-state index in [0.717, 1.165) is 0 Å². The first kappa shape index (κ1) is 12.8. The molecule has 1 aromatic heterocycles. The van der Waals surface area contributed by atoms with Crippen molar-refractivity contribution in [2.24, 2.45) is 0 Å². The molecule has 19 heavy (non-hydrogen) atoms. The van der Waals surface area contributed by atoms with Gasteiger partial charge in [0, 0.05) is 0 Å². The summed E-state index contributed by atoms with van der Waals surface area (Å²) in [5.41, 5.74) is 2.35. The Balaban J connectivity index is 2.32. The van der Waals surface area contributed by atoms with Crippen molar-refractivity contribution in [3.63, 3.8) is 0 Å². The number of nitrogens with zero attached hydrogens (tertiary/aromatic N) is 5. The minimum absolute atomic E-state index is 0.462.